The molecule has 1 fully saturated rings. The lowest BCUT2D eigenvalue weighted by molar-refractivity contribution is 0.310. The molecule has 0 bridgehead atoms. The first-order valence-corrected chi connectivity index (χ1v) is 7.31. The van der Waals surface area contributed by atoms with E-state index in [1.165, 1.54) is 18.4 Å². The predicted molar refractivity (Wildman–Crippen MR) is 78.8 cm³/mol. The number of nitrogens with one attached hydrogen (secondary N) is 1. The second-order valence-electron chi connectivity index (χ2n) is 5.20. The Morgan fingerprint density at radius 3 is 2.90 bits per heavy atom. The van der Waals surface area contributed by atoms with Gasteiger partial charge in [-0.05, 0) is 37.0 Å². The van der Waals surface area contributed by atoms with Gasteiger partial charge in [-0.3, -0.25) is 0 Å². The van der Waals surface area contributed by atoms with Crippen molar-refractivity contribution in [1.82, 2.24) is 10.3 Å². The highest BCUT2D eigenvalue weighted by atomic mass is 16.6. The van der Waals surface area contributed by atoms with Crippen LogP contribution in [0, 0.1) is 0 Å². The van der Waals surface area contributed by atoms with Gasteiger partial charge >= 0.3 is 6.08 Å². The minimum absolute atomic E-state index is 0.241. The van der Waals surface area contributed by atoms with E-state index in [0.29, 0.717) is 24.1 Å². The lowest BCUT2D eigenvalue weighted by Crippen LogP contribution is -2.15. The molecular formula is C16H20N2O3. The number of aryl methyl sites for hydroxylation is 1. The highest BCUT2D eigenvalue weighted by Crippen LogP contribution is 2.32. The monoisotopic (exact) mass is 288 g/mol. The van der Waals surface area contributed by atoms with Crippen molar-refractivity contribution < 1.29 is 13.9 Å². The summed E-state index contributed by atoms with van der Waals surface area (Å²) in [6.07, 6.45) is 5.32. The Labute approximate surface area is 124 Å². The van der Waals surface area contributed by atoms with Crippen molar-refractivity contribution in [3.05, 3.63) is 35.7 Å². The molecule has 0 atom stereocenters. The van der Waals surface area contributed by atoms with Crippen LogP contribution in [0.1, 0.15) is 31.0 Å². The van der Waals surface area contributed by atoms with Gasteiger partial charge in [0.1, 0.15) is 6.26 Å². The number of aromatic nitrogens is 1. The summed E-state index contributed by atoms with van der Waals surface area (Å²) >= 11 is 0. The van der Waals surface area contributed by atoms with Gasteiger partial charge in [-0.2, -0.15) is 4.98 Å². The maximum atomic E-state index is 5.67. The molecule has 112 valence electrons. The molecule has 0 radical (unpaired) electrons. The molecule has 2 aromatic rings. The van der Waals surface area contributed by atoms with E-state index in [2.05, 4.69) is 17.2 Å². The van der Waals surface area contributed by atoms with Crippen molar-refractivity contribution in [1.29, 1.82) is 0 Å². The van der Waals surface area contributed by atoms with Crippen molar-refractivity contribution in [3.63, 3.8) is 0 Å². The van der Waals surface area contributed by atoms with Gasteiger partial charge in [0.2, 0.25) is 0 Å². The van der Waals surface area contributed by atoms with Crippen molar-refractivity contribution in [3.8, 4) is 17.6 Å². The highest BCUT2D eigenvalue weighted by Gasteiger charge is 2.20. The average molecular weight is 288 g/mol. The molecule has 0 saturated heterocycles. The molecule has 0 amide bonds. The highest BCUT2D eigenvalue weighted by molar-refractivity contribution is 5.44. The topological polar surface area (TPSA) is 56.5 Å². The normalized spacial score (nSPS) is 14.2. The fourth-order valence-corrected chi connectivity index (χ4v) is 2.06. The summed E-state index contributed by atoms with van der Waals surface area (Å²) < 4.78 is 16.4. The number of nitrogens with zero attached hydrogens (tertiary/aromatic N) is 1. The molecule has 3 rings (SSSR count). The maximum Gasteiger partial charge on any atom is 0.399 e. The third kappa shape index (κ3) is 3.55. The Morgan fingerprint density at radius 2 is 2.19 bits per heavy atom. The van der Waals surface area contributed by atoms with Crippen molar-refractivity contribution in [2.24, 2.45) is 0 Å². The lowest BCUT2D eigenvalue weighted by Gasteiger charge is -2.08. The third-order valence-electron chi connectivity index (χ3n) is 3.51. The Bertz CT molecular complexity index is 605. The Hall–Kier alpha value is -2.01. The maximum absolute atomic E-state index is 5.67. The van der Waals surface area contributed by atoms with Crippen LogP contribution in [0.2, 0.25) is 0 Å². The molecule has 0 aliphatic heterocycles. The number of hydrogen-bond donors (Lipinski definition) is 1. The van der Waals surface area contributed by atoms with Crippen LogP contribution in [-0.4, -0.2) is 18.1 Å². The molecule has 1 aromatic carbocycles. The number of benzene rings is 1. The number of rotatable bonds is 7. The lowest BCUT2D eigenvalue weighted by atomic mass is 10.1. The van der Waals surface area contributed by atoms with E-state index >= 15 is 0 Å². The van der Waals surface area contributed by atoms with E-state index in [9.17, 15) is 0 Å². The predicted octanol–water partition coefficient (Wildman–Crippen LogP) is 3.29. The zero-order valence-electron chi connectivity index (χ0n) is 12.4. The molecule has 0 spiro atoms. The second-order valence-corrected chi connectivity index (χ2v) is 5.20. The molecule has 1 aliphatic rings. The summed E-state index contributed by atoms with van der Waals surface area (Å²) in [5, 5.41) is 3.38. The largest absolute Gasteiger partial charge is 0.493 e. The first-order chi connectivity index (χ1) is 10.3. The van der Waals surface area contributed by atoms with Crippen LogP contribution in [-0.2, 0) is 13.0 Å². The number of hydrogen-bond acceptors (Lipinski definition) is 5. The van der Waals surface area contributed by atoms with Gasteiger partial charge in [-0.25, -0.2) is 0 Å². The molecule has 1 N–H and O–H groups in total. The van der Waals surface area contributed by atoms with E-state index in [1.807, 2.05) is 18.2 Å². The molecular weight excluding hydrogens is 268 g/mol. The van der Waals surface area contributed by atoms with Gasteiger partial charge in [-0.1, -0.05) is 13.0 Å². The summed E-state index contributed by atoms with van der Waals surface area (Å²) in [5.41, 5.74) is 2.04. The van der Waals surface area contributed by atoms with Crippen LogP contribution in [0.4, 0.5) is 0 Å². The van der Waals surface area contributed by atoms with Gasteiger partial charge in [0, 0.05) is 12.6 Å². The third-order valence-corrected chi connectivity index (χ3v) is 3.51. The number of oxazole rings is 1. The fraction of sp³-hybridized carbons (Fsp3) is 0.438. The first kappa shape index (κ1) is 13.9. The second kappa shape index (κ2) is 6.18. The van der Waals surface area contributed by atoms with Crippen LogP contribution in [0.5, 0.6) is 17.6 Å². The van der Waals surface area contributed by atoms with Gasteiger partial charge in [-0.15, -0.1) is 0 Å². The molecule has 0 unspecified atom stereocenters. The van der Waals surface area contributed by atoms with Gasteiger partial charge in [0.25, 0.3) is 0 Å². The van der Waals surface area contributed by atoms with E-state index in [4.69, 9.17) is 13.9 Å². The molecule has 1 aromatic heterocycles. The van der Waals surface area contributed by atoms with Crippen LogP contribution in [0.25, 0.3) is 0 Å². The van der Waals surface area contributed by atoms with E-state index in [-0.39, 0.29) is 6.08 Å². The first-order valence-electron chi connectivity index (χ1n) is 7.31. The van der Waals surface area contributed by atoms with Crippen LogP contribution in [0.15, 0.2) is 28.9 Å². The Kier molecular flexibility index (Phi) is 4.10. The Morgan fingerprint density at radius 1 is 1.33 bits per heavy atom. The quantitative estimate of drug-likeness (QED) is 0.847. The number of ether oxygens (including phenoxy) is 2. The molecule has 1 aliphatic carbocycles. The van der Waals surface area contributed by atoms with Crippen LogP contribution < -0.4 is 14.8 Å². The van der Waals surface area contributed by atoms with E-state index in [1.54, 1.807) is 13.4 Å². The van der Waals surface area contributed by atoms with Crippen molar-refractivity contribution >= 4 is 0 Å². The number of methoxy groups -OCH3 is 1. The Balaban J connectivity index is 1.67. The van der Waals surface area contributed by atoms with Crippen LogP contribution >= 0.6 is 0 Å². The SMILES string of the molecule is CCc1ccc(Oc2nc(CNC3CC3)co2)c(OC)c1. The van der Waals surface area contributed by atoms with Gasteiger partial charge in [0.15, 0.2) is 11.5 Å². The fourth-order valence-electron chi connectivity index (χ4n) is 2.06. The zero-order chi connectivity index (χ0) is 14.7. The summed E-state index contributed by atoms with van der Waals surface area (Å²) in [5.74, 6) is 1.29. The summed E-state index contributed by atoms with van der Waals surface area (Å²) in [7, 11) is 1.63. The molecule has 21 heavy (non-hydrogen) atoms. The minimum Gasteiger partial charge on any atom is -0.493 e. The summed E-state index contributed by atoms with van der Waals surface area (Å²) in [6, 6.07) is 6.50. The minimum atomic E-state index is 0.241. The van der Waals surface area contributed by atoms with Crippen molar-refractivity contribution in [2.45, 2.75) is 38.8 Å². The molecule has 1 saturated carbocycles. The van der Waals surface area contributed by atoms with E-state index in [0.717, 1.165) is 12.1 Å². The van der Waals surface area contributed by atoms with Gasteiger partial charge < -0.3 is 19.2 Å². The summed E-state index contributed by atoms with van der Waals surface area (Å²) in [4.78, 5) is 4.32. The van der Waals surface area contributed by atoms with E-state index < -0.39 is 0 Å². The molecule has 5 heteroatoms. The summed E-state index contributed by atoms with van der Waals surface area (Å²) in [6.45, 7) is 2.81. The standard InChI is InChI=1S/C16H20N2O3/c1-3-11-4-7-14(15(8-11)19-2)21-16-18-13(10-20-16)9-17-12-5-6-12/h4,7-8,10,12,17H,3,5-6,9H2,1-2H3. The molecule has 1 heterocycles. The average Bonchev–Trinajstić information content (AvgIpc) is 3.25. The smallest absolute Gasteiger partial charge is 0.399 e. The zero-order valence-corrected chi connectivity index (χ0v) is 12.4. The van der Waals surface area contributed by atoms with Gasteiger partial charge in [0.05, 0.1) is 12.8 Å². The van der Waals surface area contributed by atoms with Crippen molar-refractivity contribution in [2.75, 3.05) is 7.11 Å². The van der Waals surface area contributed by atoms with Crippen LogP contribution in [0.3, 0.4) is 0 Å². The molecule has 5 nitrogen and oxygen atoms in total.